The highest BCUT2D eigenvalue weighted by atomic mass is 79.9. The Labute approximate surface area is 210 Å². The van der Waals surface area contributed by atoms with E-state index in [-0.39, 0.29) is 11.7 Å². The maximum absolute atomic E-state index is 12.9. The van der Waals surface area contributed by atoms with Crippen LogP contribution in [0.15, 0.2) is 101 Å². The van der Waals surface area contributed by atoms with Crippen LogP contribution in [0.2, 0.25) is 0 Å². The molecule has 5 nitrogen and oxygen atoms in total. The van der Waals surface area contributed by atoms with Crippen molar-refractivity contribution in [2.24, 2.45) is 0 Å². The molecule has 0 aliphatic carbocycles. The number of nitrogens with one attached hydrogen (secondary N) is 1. The van der Waals surface area contributed by atoms with Gasteiger partial charge >= 0.3 is 0 Å². The molecule has 0 saturated heterocycles. The van der Waals surface area contributed by atoms with Crippen molar-refractivity contribution in [3.05, 3.63) is 101 Å². The van der Waals surface area contributed by atoms with Gasteiger partial charge in [0.15, 0.2) is 11.0 Å². The lowest BCUT2D eigenvalue weighted by atomic mass is 10.1. The van der Waals surface area contributed by atoms with E-state index in [0.717, 1.165) is 32.2 Å². The van der Waals surface area contributed by atoms with Gasteiger partial charge in [-0.15, -0.1) is 10.2 Å². The van der Waals surface area contributed by atoms with Gasteiger partial charge < -0.3 is 5.32 Å². The second-order valence-electron chi connectivity index (χ2n) is 7.82. The molecule has 0 unspecified atom stereocenters. The molecule has 0 fully saturated rings. The minimum Gasteiger partial charge on any atom is -0.325 e. The zero-order chi connectivity index (χ0) is 23.5. The number of benzene rings is 4. The molecule has 0 aliphatic rings. The summed E-state index contributed by atoms with van der Waals surface area (Å²) in [4.78, 5) is 12.9. The Morgan fingerprint density at radius 1 is 0.912 bits per heavy atom. The first-order valence-electron chi connectivity index (χ1n) is 10.8. The molecule has 5 aromatic rings. The highest BCUT2D eigenvalue weighted by molar-refractivity contribution is 9.10. The summed E-state index contributed by atoms with van der Waals surface area (Å²) in [7, 11) is 0. The summed E-state index contributed by atoms with van der Waals surface area (Å²) in [6.45, 7) is 2.05. The average molecular weight is 529 g/mol. The van der Waals surface area contributed by atoms with E-state index in [0.29, 0.717) is 11.0 Å². The molecule has 0 spiro atoms. The van der Waals surface area contributed by atoms with E-state index >= 15 is 0 Å². The Morgan fingerprint density at radius 2 is 1.65 bits per heavy atom. The molecule has 0 aliphatic heterocycles. The van der Waals surface area contributed by atoms with Crippen molar-refractivity contribution >= 4 is 50.1 Å². The van der Waals surface area contributed by atoms with Crippen molar-refractivity contribution in [1.29, 1.82) is 0 Å². The lowest BCUT2D eigenvalue weighted by molar-refractivity contribution is -0.113. The van der Waals surface area contributed by atoms with E-state index in [4.69, 9.17) is 0 Å². The number of rotatable bonds is 6. The van der Waals surface area contributed by atoms with Crippen LogP contribution in [-0.4, -0.2) is 26.4 Å². The number of amides is 1. The average Bonchev–Trinajstić information content (AvgIpc) is 3.27. The van der Waals surface area contributed by atoms with Crippen LogP contribution in [0.25, 0.3) is 27.8 Å². The standard InChI is InChI=1S/C27H21BrN4OS/c1-18-13-15-20(16-14-18)32-26(22-10-4-5-11-23(22)28)30-31-27(32)34-17-25(33)29-24-12-6-8-19-7-2-3-9-21(19)24/h2-16H,17H2,1H3,(H,29,33). The summed E-state index contributed by atoms with van der Waals surface area (Å²) in [6.07, 6.45) is 0. The van der Waals surface area contributed by atoms with Crippen molar-refractivity contribution in [2.45, 2.75) is 12.1 Å². The molecule has 0 radical (unpaired) electrons. The van der Waals surface area contributed by atoms with E-state index in [1.54, 1.807) is 0 Å². The third-order valence-electron chi connectivity index (χ3n) is 5.44. The molecule has 0 atom stereocenters. The molecule has 5 rings (SSSR count). The van der Waals surface area contributed by atoms with Crippen molar-refractivity contribution in [3.8, 4) is 17.1 Å². The van der Waals surface area contributed by atoms with Crippen LogP contribution in [0.3, 0.4) is 0 Å². The fourth-order valence-electron chi connectivity index (χ4n) is 3.76. The van der Waals surface area contributed by atoms with Gasteiger partial charge in [0.25, 0.3) is 0 Å². The molecule has 34 heavy (non-hydrogen) atoms. The normalized spacial score (nSPS) is 11.0. The van der Waals surface area contributed by atoms with E-state index in [1.807, 2.05) is 83.4 Å². The third-order valence-corrected chi connectivity index (χ3v) is 7.06. The second-order valence-corrected chi connectivity index (χ2v) is 9.62. The highest BCUT2D eigenvalue weighted by Crippen LogP contribution is 2.32. The van der Waals surface area contributed by atoms with Gasteiger partial charge in [-0.1, -0.05) is 100.0 Å². The van der Waals surface area contributed by atoms with Crippen molar-refractivity contribution in [2.75, 3.05) is 11.1 Å². The van der Waals surface area contributed by atoms with Crippen LogP contribution in [0.1, 0.15) is 5.56 Å². The van der Waals surface area contributed by atoms with Gasteiger partial charge in [0.2, 0.25) is 5.91 Å². The van der Waals surface area contributed by atoms with Crippen LogP contribution >= 0.6 is 27.7 Å². The molecule has 0 bridgehead atoms. The number of halogens is 1. The zero-order valence-electron chi connectivity index (χ0n) is 18.4. The number of hydrogen-bond donors (Lipinski definition) is 1. The van der Waals surface area contributed by atoms with Crippen LogP contribution in [0.4, 0.5) is 5.69 Å². The van der Waals surface area contributed by atoms with Crippen LogP contribution in [0.5, 0.6) is 0 Å². The summed E-state index contributed by atoms with van der Waals surface area (Å²) in [5, 5.41) is 14.7. The number of hydrogen-bond acceptors (Lipinski definition) is 4. The minimum atomic E-state index is -0.0951. The predicted octanol–water partition coefficient (Wildman–Crippen LogP) is 6.89. The Bertz CT molecular complexity index is 1470. The fraction of sp³-hybridized carbons (Fsp3) is 0.0741. The van der Waals surface area contributed by atoms with Crippen LogP contribution in [-0.2, 0) is 4.79 Å². The quantitative estimate of drug-likeness (QED) is 0.244. The molecule has 1 amide bonds. The van der Waals surface area contributed by atoms with Crippen molar-refractivity contribution < 1.29 is 4.79 Å². The van der Waals surface area contributed by atoms with E-state index in [1.165, 1.54) is 17.3 Å². The maximum atomic E-state index is 12.9. The van der Waals surface area contributed by atoms with Crippen molar-refractivity contribution in [1.82, 2.24) is 14.8 Å². The Kier molecular flexibility index (Phi) is 6.47. The molecule has 4 aromatic carbocycles. The zero-order valence-corrected chi connectivity index (χ0v) is 20.8. The van der Waals surface area contributed by atoms with Gasteiger partial charge in [-0.2, -0.15) is 0 Å². The topological polar surface area (TPSA) is 59.8 Å². The number of thioether (sulfide) groups is 1. The molecule has 0 saturated carbocycles. The van der Waals surface area contributed by atoms with Gasteiger partial charge in [-0.25, -0.2) is 0 Å². The number of anilines is 1. The Hall–Kier alpha value is -3.42. The monoisotopic (exact) mass is 528 g/mol. The van der Waals surface area contributed by atoms with Gasteiger partial charge in [-0.3, -0.25) is 9.36 Å². The molecular formula is C27H21BrN4OS. The molecule has 168 valence electrons. The summed E-state index contributed by atoms with van der Waals surface area (Å²) < 4.78 is 2.93. The van der Waals surface area contributed by atoms with Gasteiger partial charge in [0.05, 0.1) is 5.75 Å². The lowest BCUT2D eigenvalue weighted by Crippen LogP contribution is -2.14. The maximum Gasteiger partial charge on any atom is 0.234 e. The first-order chi connectivity index (χ1) is 16.6. The largest absolute Gasteiger partial charge is 0.325 e. The van der Waals surface area contributed by atoms with Crippen LogP contribution < -0.4 is 5.32 Å². The van der Waals surface area contributed by atoms with Gasteiger partial charge in [0, 0.05) is 26.8 Å². The molecule has 1 N–H and O–H groups in total. The Morgan fingerprint density at radius 3 is 2.47 bits per heavy atom. The molecular weight excluding hydrogens is 508 g/mol. The summed E-state index contributed by atoms with van der Waals surface area (Å²) in [5.74, 6) is 0.832. The lowest BCUT2D eigenvalue weighted by Gasteiger charge is -2.12. The van der Waals surface area contributed by atoms with Crippen LogP contribution in [0, 0.1) is 6.92 Å². The number of aromatic nitrogens is 3. The van der Waals surface area contributed by atoms with E-state index in [2.05, 4.69) is 50.5 Å². The van der Waals surface area contributed by atoms with E-state index < -0.39 is 0 Å². The smallest absolute Gasteiger partial charge is 0.234 e. The number of carbonyl (C=O) groups excluding carboxylic acids is 1. The second kappa shape index (κ2) is 9.83. The molecule has 1 aromatic heterocycles. The number of aryl methyl sites for hydroxylation is 1. The third kappa shape index (κ3) is 4.62. The van der Waals surface area contributed by atoms with E-state index in [9.17, 15) is 4.79 Å². The van der Waals surface area contributed by atoms with Crippen molar-refractivity contribution in [3.63, 3.8) is 0 Å². The summed E-state index contributed by atoms with van der Waals surface area (Å²) in [5.41, 5.74) is 3.85. The SMILES string of the molecule is Cc1ccc(-n2c(SCC(=O)Nc3cccc4ccccc34)nnc2-c2ccccc2Br)cc1. The number of fused-ring (bicyclic) bond motifs is 1. The first kappa shape index (κ1) is 22.4. The van der Waals surface area contributed by atoms with Gasteiger partial charge in [0.1, 0.15) is 0 Å². The highest BCUT2D eigenvalue weighted by Gasteiger charge is 2.19. The molecule has 7 heteroatoms. The predicted molar refractivity (Wildman–Crippen MR) is 143 cm³/mol. The van der Waals surface area contributed by atoms with Gasteiger partial charge in [-0.05, 0) is 36.6 Å². The molecule has 1 heterocycles. The first-order valence-corrected chi connectivity index (χ1v) is 12.6. The fourth-order valence-corrected chi connectivity index (χ4v) is 4.97. The number of nitrogens with zero attached hydrogens (tertiary/aromatic N) is 3. The number of carbonyl (C=O) groups is 1. The Balaban J connectivity index is 1.43. The minimum absolute atomic E-state index is 0.0951. The summed E-state index contributed by atoms with van der Waals surface area (Å²) in [6, 6.07) is 30.0. The summed E-state index contributed by atoms with van der Waals surface area (Å²) >= 11 is 4.99.